The van der Waals surface area contributed by atoms with E-state index in [2.05, 4.69) is 26.1 Å². The minimum absolute atomic E-state index is 0.00616. The Morgan fingerprint density at radius 2 is 1.67 bits per heavy atom. The Hall–Kier alpha value is -1.92. The van der Waals surface area contributed by atoms with Crippen molar-refractivity contribution in [2.45, 2.75) is 117 Å². The largest absolute Gasteiger partial charge is 0.461 e. The van der Waals surface area contributed by atoms with Gasteiger partial charge in [0.2, 0.25) is 5.91 Å². The van der Waals surface area contributed by atoms with Crippen molar-refractivity contribution in [1.82, 2.24) is 5.32 Å². The van der Waals surface area contributed by atoms with E-state index in [0.29, 0.717) is 54.9 Å². The van der Waals surface area contributed by atoms with Crippen LogP contribution in [-0.2, 0) is 20.9 Å². The monoisotopic (exact) mass is 581 g/mol. The lowest BCUT2D eigenvalue weighted by atomic mass is 9.43. The predicted molar refractivity (Wildman–Crippen MR) is 164 cm³/mol. The molecule has 11 atom stereocenters. The second-order valence-corrected chi connectivity index (χ2v) is 15.1. The first-order chi connectivity index (χ1) is 20.0. The number of carbonyl (C=O) groups is 2. The van der Waals surface area contributed by atoms with Gasteiger partial charge in [-0.05, 0) is 116 Å². The number of fused-ring (bicyclic) bond motifs is 5. The van der Waals surface area contributed by atoms with Crippen LogP contribution in [0.3, 0.4) is 0 Å². The van der Waals surface area contributed by atoms with Crippen molar-refractivity contribution in [2.75, 3.05) is 6.54 Å². The van der Waals surface area contributed by atoms with Gasteiger partial charge >= 0.3 is 5.97 Å². The number of hydrogen-bond acceptors (Lipinski definition) is 5. The van der Waals surface area contributed by atoms with E-state index in [9.17, 15) is 19.8 Å². The second kappa shape index (κ2) is 13.0. The highest BCUT2D eigenvalue weighted by atomic mass is 16.5. The van der Waals surface area contributed by atoms with Gasteiger partial charge in [-0.2, -0.15) is 0 Å². The Labute approximate surface area is 253 Å². The molecule has 1 aromatic rings. The molecular weight excluding hydrogens is 526 g/mol. The van der Waals surface area contributed by atoms with Gasteiger partial charge in [0.15, 0.2) is 0 Å². The molecule has 5 unspecified atom stereocenters. The highest BCUT2D eigenvalue weighted by Crippen LogP contribution is 2.68. The first-order valence-corrected chi connectivity index (χ1v) is 16.9. The Balaban J connectivity index is 1.07. The summed E-state index contributed by atoms with van der Waals surface area (Å²) in [7, 11) is 0. The van der Waals surface area contributed by atoms with Crippen molar-refractivity contribution < 1.29 is 24.5 Å². The molecule has 0 saturated heterocycles. The quantitative estimate of drug-likeness (QED) is 0.283. The molecular formula is C36H55NO5. The summed E-state index contributed by atoms with van der Waals surface area (Å²) in [4.78, 5) is 24.9. The summed E-state index contributed by atoms with van der Waals surface area (Å²) in [6.45, 7) is 10.1. The normalized spacial score (nSPS) is 38.9. The van der Waals surface area contributed by atoms with Gasteiger partial charge in [0.25, 0.3) is 0 Å². The van der Waals surface area contributed by atoms with E-state index in [1.54, 1.807) is 0 Å². The van der Waals surface area contributed by atoms with Crippen LogP contribution in [0.2, 0.25) is 0 Å². The van der Waals surface area contributed by atoms with Crippen molar-refractivity contribution in [1.29, 1.82) is 0 Å². The lowest BCUT2D eigenvalue weighted by molar-refractivity contribution is -0.174. The third-order valence-corrected chi connectivity index (χ3v) is 12.8. The summed E-state index contributed by atoms with van der Waals surface area (Å²) in [6.07, 6.45) is 9.93. The zero-order chi connectivity index (χ0) is 30.1. The maximum atomic E-state index is 12.6. The molecule has 1 amide bonds. The van der Waals surface area contributed by atoms with E-state index in [0.717, 1.165) is 37.7 Å². The van der Waals surface area contributed by atoms with Gasteiger partial charge in [-0.15, -0.1) is 0 Å². The third-order valence-electron chi connectivity index (χ3n) is 12.8. The zero-order valence-corrected chi connectivity index (χ0v) is 26.4. The van der Waals surface area contributed by atoms with Gasteiger partial charge in [-0.25, -0.2) is 0 Å². The molecule has 3 N–H and O–H groups in total. The van der Waals surface area contributed by atoms with Gasteiger partial charge in [0.1, 0.15) is 6.61 Å². The molecule has 4 aliphatic rings. The molecule has 0 bridgehead atoms. The number of carbonyl (C=O) groups excluding carboxylic acids is 2. The number of rotatable bonds is 10. The van der Waals surface area contributed by atoms with Crippen LogP contribution in [0.15, 0.2) is 30.3 Å². The van der Waals surface area contributed by atoms with Crippen LogP contribution in [0.1, 0.15) is 104 Å². The lowest BCUT2D eigenvalue weighted by Gasteiger charge is -2.62. The number of hydrogen-bond donors (Lipinski definition) is 3. The SMILES string of the molecule is CC(CCC(=O)NCC[C@@H](C)C1CCC2C3C(CC[C@@]21C)[C@@]1(C)CC[C@@H](O)C[C@H]1C[C@@H]3O)C(=O)OCc1ccccc1. The first-order valence-electron chi connectivity index (χ1n) is 16.9. The third kappa shape index (κ3) is 6.31. The maximum absolute atomic E-state index is 12.6. The standard InChI is InChI=1S/C36H55NO5/c1-23(16-19-37-32(40)13-10-24(2)34(41)42-22-25-8-6-5-7-9-25)28-11-12-29-33-30(15-18-36(28,29)4)35(3)17-14-27(38)20-26(35)21-31(33)39/h5-9,23-24,26-31,33,38-39H,10-22H2,1-4H3,(H,37,40)/t23-,24?,26+,27-,28?,29?,30?,31+,33?,35+,36-/m1/s1. The Morgan fingerprint density at radius 1 is 0.952 bits per heavy atom. The molecule has 234 valence electrons. The molecule has 0 radical (unpaired) electrons. The van der Waals surface area contributed by atoms with E-state index >= 15 is 0 Å². The molecule has 0 heterocycles. The molecule has 1 aromatic carbocycles. The van der Waals surface area contributed by atoms with Crippen molar-refractivity contribution in [2.24, 2.45) is 52.3 Å². The summed E-state index contributed by atoms with van der Waals surface area (Å²) in [5, 5.41) is 24.9. The Morgan fingerprint density at radius 3 is 2.43 bits per heavy atom. The zero-order valence-electron chi connectivity index (χ0n) is 26.4. The number of amides is 1. The number of ether oxygens (including phenoxy) is 1. The topological polar surface area (TPSA) is 95.9 Å². The van der Waals surface area contributed by atoms with Crippen LogP contribution in [0, 0.1) is 52.3 Å². The second-order valence-electron chi connectivity index (χ2n) is 15.1. The van der Waals surface area contributed by atoms with Crippen molar-refractivity contribution in [3.05, 3.63) is 35.9 Å². The average Bonchev–Trinajstić information content (AvgIpc) is 3.33. The fourth-order valence-electron chi connectivity index (χ4n) is 10.2. The minimum Gasteiger partial charge on any atom is -0.461 e. The van der Waals surface area contributed by atoms with E-state index in [1.165, 1.54) is 25.7 Å². The predicted octanol–water partition coefficient (Wildman–Crippen LogP) is 6.28. The highest BCUT2D eigenvalue weighted by molar-refractivity contribution is 5.77. The molecule has 0 aliphatic heterocycles. The van der Waals surface area contributed by atoms with Crippen LogP contribution in [0.5, 0.6) is 0 Å². The highest BCUT2D eigenvalue weighted by Gasteiger charge is 2.62. The summed E-state index contributed by atoms with van der Waals surface area (Å²) < 4.78 is 5.42. The van der Waals surface area contributed by atoms with E-state index < -0.39 is 0 Å². The molecule has 6 heteroatoms. The number of aliphatic hydroxyl groups excluding tert-OH is 2. The number of esters is 1. The number of benzene rings is 1. The average molecular weight is 582 g/mol. The summed E-state index contributed by atoms with van der Waals surface area (Å²) in [5.41, 5.74) is 1.47. The number of nitrogens with one attached hydrogen (secondary N) is 1. The van der Waals surface area contributed by atoms with Crippen molar-refractivity contribution in [3.63, 3.8) is 0 Å². The fraction of sp³-hybridized carbons (Fsp3) is 0.778. The van der Waals surface area contributed by atoms with Gasteiger partial charge in [0, 0.05) is 13.0 Å². The van der Waals surface area contributed by atoms with E-state index in [4.69, 9.17) is 4.74 Å². The lowest BCUT2D eigenvalue weighted by Crippen LogP contribution is -2.58. The fourth-order valence-corrected chi connectivity index (χ4v) is 10.2. The van der Waals surface area contributed by atoms with Crippen LogP contribution < -0.4 is 5.32 Å². The van der Waals surface area contributed by atoms with Crippen LogP contribution in [0.25, 0.3) is 0 Å². The molecule has 4 aliphatic carbocycles. The van der Waals surface area contributed by atoms with Crippen LogP contribution in [0.4, 0.5) is 0 Å². The summed E-state index contributed by atoms with van der Waals surface area (Å²) >= 11 is 0. The molecule has 42 heavy (non-hydrogen) atoms. The van der Waals surface area contributed by atoms with Crippen molar-refractivity contribution in [3.8, 4) is 0 Å². The number of aliphatic hydroxyl groups is 2. The molecule has 0 aromatic heterocycles. The minimum atomic E-state index is -0.310. The molecule has 4 saturated carbocycles. The van der Waals surface area contributed by atoms with Gasteiger partial charge in [0.05, 0.1) is 18.1 Å². The van der Waals surface area contributed by atoms with Crippen LogP contribution in [-0.4, -0.2) is 40.8 Å². The van der Waals surface area contributed by atoms with E-state index in [1.807, 2.05) is 37.3 Å². The smallest absolute Gasteiger partial charge is 0.308 e. The van der Waals surface area contributed by atoms with Gasteiger partial charge in [-0.3, -0.25) is 9.59 Å². The van der Waals surface area contributed by atoms with Crippen molar-refractivity contribution >= 4 is 11.9 Å². The molecule has 0 spiro atoms. The summed E-state index contributed by atoms with van der Waals surface area (Å²) in [6, 6.07) is 9.65. The molecule has 4 fully saturated rings. The molecule has 6 nitrogen and oxygen atoms in total. The van der Waals surface area contributed by atoms with Gasteiger partial charge in [-0.1, -0.05) is 58.0 Å². The van der Waals surface area contributed by atoms with E-state index in [-0.39, 0.29) is 47.4 Å². The Bertz CT molecular complexity index is 1080. The first kappa shape index (κ1) is 31.5. The summed E-state index contributed by atoms with van der Waals surface area (Å²) in [5.74, 6) is 2.55. The maximum Gasteiger partial charge on any atom is 0.308 e. The molecule has 5 rings (SSSR count). The van der Waals surface area contributed by atoms with Crippen LogP contribution >= 0.6 is 0 Å². The van der Waals surface area contributed by atoms with Gasteiger partial charge < -0.3 is 20.3 Å². The Kier molecular flexibility index (Phi) is 9.73.